The molecule has 6 heteroatoms. The summed E-state index contributed by atoms with van der Waals surface area (Å²) in [7, 11) is 0. The zero-order valence-electron chi connectivity index (χ0n) is 15.2. The third-order valence-electron chi connectivity index (χ3n) is 3.99. The molecule has 0 aliphatic heterocycles. The summed E-state index contributed by atoms with van der Waals surface area (Å²) in [5, 5.41) is 0. The number of halogens is 1. The summed E-state index contributed by atoms with van der Waals surface area (Å²) >= 11 is 3.31. The van der Waals surface area contributed by atoms with E-state index < -0.39 is 11.8 Å². The van der Waals surface area contributed by atoms with Gasteiger partial charge in [0.05, 0.1) is 5.56 Å². The maximum absolute atomic E-state index is 12.3. The molecule has 142 valence electrons. The standard InChI is InChI=1S/C22H19BrN2O3/c1-15-6-4-7-16(12-15)14-28-18-9-5-8-17(13-18)21(26)24-25-22(27)19-10-2-3-11-20(19)23/h2-13H,14H2,1H3,(H,24,26)(H,25,27). The SMILES string of the molecule is Cc1cccc(COc2cccc(C(=O)NNC(=O)c3ccccc3Br)c2)c1. The molecule has 5 nitrogen and oxygen atoms in total. The number of carbonyl (C=O) groups is 2. The Morgan fingerprint density at radius 3 is 2.43 bits per heavy atom. The van der Waals surface area contributed by atoms with E-state index in [4.69, 9.17) is 4.74 Å². The van der Waals surface area contributed by atoms with E-state index in [1.54, 1.807) is 42.5 Å². The highest BCUT2D eigenvalue weighted by Crippen LogP contribution is 2.17. The van der Waals surface area contributed by atoms with Gasteiger partial charge in [0.25, 0.3) is 11.8 Å². The van der Waals surface area contributed by atoms with Gasteiger partial charge in [-0.15, -0.1) is 0 Å². The Balaban J connectivity index is 1.59. The molecule has 0 heterocycles. The van der Waals surface area contributed by atoms with E-state index in [9.17, 15) is 9.59 Å². The van der Waals surface area contributed by atoms with E-state index in [1.165, 1.54) is 0 Å². The number of ether oxygens (including phenoxy) is 1. The van der Waals surface area contributed by atoms with Crippen molar-refractivity contribution in [2.45, 2.75) is 13.5 Å². The molecule has 28 heavy (non-hydrogen) atoms. The van der Waals surface area contributed by atoms with Crippen molar-refractivity contribution in [2.75, 3.05) is 0 Å². The van der Waals surface area contributed by atoms with Gasteiger partial charge >= 0.3 is 0 Å². The molecule has 0 aromatic heterocycles. The Bertz CT molecular complexity index is 1000. The van der Waals surface area contributed by atoms with Gasteiger partial charge in [-0.25, -0.2) is 0 Å². The Morgan fingerprint density at radius 1 is 0.893 bits per heavy atom. The van der Waals surface area contributed by atoms with Gasteiger partial charge in [-0.2, -0.15) is 0 Å². The van der Waals surface area contributed by atoms with Gasteiger partial charge in [0, 0.05) is 10.0 Å². The smallest absolute Gasteiger partial charge is 0.270 e. The van der Waals surface area contributed by atoms with Crippen molar-refractivity contribution in [2.24, 2.45) is 0 Å². The number of carbonyl (C=O) groups excluding carboxylic acids is 2. The van der Waals surface area contributed by atoms with Crippen LogP contribution in [0.25, 0.3) is 0 Å². The number of nitrogens with one attached hydrogen (secondary N) is 2. The topological polar surface area (TPSA) is 67.4 Å². The summed E-state index contributed by atoms with van der Waals surface area (Å²) in [6, 6.07) is 21.8. The van der Waals surface area contributed by atoms with Crippen LogP contribution >= 0.6 is 15.9 Å². The third kappa shape index (κ3) is 5.20. The Hall–Kier alpha value is -3.12. The van der Waals surface area contributed by atoms with Crippen LogP contribution in [0.15, 0.2) is 77.3 Å². The predicted molar refractivity (Wildman–Crippen MR) is 111 cm³/mol. The summed E-state index contributed by atoms with van der Waals surface area (Å²) in [4.78, 5) is 24.5. The lowest BCUT2D eigenvalue weighted by Crippen LogP contribution is -2.41. The lowest BCUT2D eigenvalue weighted by molar-refractivity contribution is 0.0846. The molecule has 2 amide bonds. The molecule has 0 saturated heterocycles. The zero-order chi connectivity index (χ0) is 19.9. The average Bonchev–Trinajstić information content (AvgIpc) is 2.71. The van der Waals surface area contributed by atoms with Crippen LogP contribution in [-0.2, 0) is 6.61 Å². The molecule has 0 fully saturated rings. The Kier molecular flexibility index (Phi) is 6.45. The van der Waals surface area contributed by atoms with Crippen molar-refractivity contribution in [1.82, 2.24) is 10.9 Å². The van der Waals surface area contributed by atoms with Crippen LogP contribution in [0.2, 0.25) is 0 Å². The summed E-state index contributed by atoms with van der Waals surface area (Å²) in [5.74, 6) is -0.264. The van der Waals surface area contributed by atoms with Crippen LogP contribution < -0.4 is 15.6 Å². The number of aryl methyl sites for hydroxylation is 1. The lowest BCUT2D eigenvalue weighted by Gasteiger charge is -2.10. The molecule has 3 aromatic rings. The van der Waals surface area contributed by atoms with Gasteiger partial charge in [-0.05, 0) is 58.7 Å². The third-order valence-corrected chi connectivity index (χ3v) is 4.68. The molecule has 0 radical (unpaired) electrons. The number of hydrogen-bond donors (Lipinski definition) is 2. The van der Waals surface area contributed by atoms with E-state index in [2.05, 4.69) is 26.8 Å². The molecule has 0 aliphatic carbocycles. The fourth-order valence-electron chi connectivity index (χ4n) is 2.59. The van der Waals surface area contributed by atoms with E-state index in [-0.39, 0.29) is 0 Å². The molecular weight excluding hydrogens is 420 g/mol. The van der Waals surface area contributed by atoms with Crippen LogP contribution in [0.1, 0.15) is 31.8 Å². The van der Waals surface area contributed by atoms with Crippen LogP contribution in [0, 0.1) is 6.92 Å². The fourth-order valence-corrected chi connectivity index (χ4v) is 3.06. The number of rotatable bonds is 5. The van der Waals surface area contributed by atoms with Gasteiger partial charge in [0.2, 0.25) is 0 Å². The molecule has 0 unspecified atom stereocenters. The molecule has 0 saturated carbocycles. The Labute approximate surface area is 171 Å². The van der Waals surface area contributed by atoms with E-state index >= 15 is 0 Å². The van der Waals surface area contributed by atoms with Crippen molar-refractivity contribution in [3.05, 3.63) is 99.5 Å². The normalized spacial score (nSPS) is 10.2. The molecule has 2 N–H and O–H groups in total. The quantitative estimate of drug-likeness (QED) is 0.579. The van der Waals surface area contributed by atoms with Gasteiger partial charge in [-0.3, -0.25) is 20.4 Å². The molecule has 0 aliphatic rings. The minimum absolute atomic E-state index is 0.383. The fraction of sp³-hybridized carbons (Fsp3) is 0.0909. The minimum Gasteiger partial charge on any atom is -0.489 e. The highest BCUT2D eigenvalue weighted by Gasteiger charge is 2.12. The first kappa shape index (κ1) is 19.6. The van der Waals surface area contributed by atoms with Gasteiger partial charge in [-0.1, -0.05) is 48.0 Å². The van der Waals surface area contributed by atoms with Crippen molar-refractivity contribution in [3.63, 3.8) is 0 Å². The van der Waals surface area contributed by atoms with Crippen LogP contribution in [0.5, 0.6) is 5.75 Å². The molecule has 0 spiro atoms. The van der Waals surface area contributed by atoms with Gasteiger partial charge < -0.3 is 4.74 Å². The number of hydrazine groups is 1. The minimum atomic E-state index is -0.429. The lowest BCUT2D eigenvalue weighted by atomic mass is 10.1. The van der Waals surface area contributed by atoms with Crippen molar-refractivity contribution in [1.29, 1.82) is 0 Å². The van der Waals surface area contributed by atoms with Gasteiger partial charge in [0.1, 0.15) is 12.4 Å². The first-order valence-electron chi connectivity index (χ1n) is 8.66. The van der Waals surface area contributed by atoms with Crippen molar-refractivity contribution >= 4 is 27.7 Å². The Morgan fingerprint density at radius 2 is 1.64 bits per heavy atom. The maximum atomic E-state index is 12.3. The number of benzene rings is 3. The second-order valence-corrected chi connectivity index (χ2v) is 7.05. The molecule has 3 aromatic carbocycles. The van der Waals surface area contributed by atoms with E-state index in [0.717, 1.165) is 11.1 Å². The number of hydrogen-bond acceptors (Lipinski definition) is 3. The van der Waals surface area contributed by atoms with E-state index in [0.29, 0.717) is 28.0 Å². The van der Waals surface area contributed by atoms with Crippen molar-refractivity contribution < 1.29 is 14.3 Å². The summed E-state index contributed by atoms with van der Waals surface area (Å²) < 4.78 is 6.42. The van der Waals surface area contributed by atoms with E-state index in [1.807, 2.05) is 37.3 Å². The second kappa shape index (κ2) is 9.19. The molecular formula is C22H19BrN2O3. The monoisotopic (exact) mass is 438 g/mol. The average molecular weight is 439 g/mol. The number of amides is 2. The zero-order valence-corrected chi connectivity index (χ0v) is 16.8. The van der Waals surface area contributed by atoms with Gasteiger partial charge in [0.15, 0.2) is 0 Å². The maximum Gasteiger partial charge on any atom is 0.270 e. The van der Waals surface area contributed by atoms with Crippen LogP contribution in [-0.4, -0.2) is 11.8 Å². The predicted octanol–water partition coefficient (Wildman–Crippen LogP) is 4.41. The summed E-state index contributed by atoms with van der Waals surface area (Å²) in [6.07, 6.45) is 0. The first-order valence-corrected chi connectivity index (χ1v) is 9.46. The summed E-state index contributed by atoms with van der Waals surface area (Å²) in [6.45, 7) is 2.43. The second-order valence-electron chi connectivity index (χ2n) is 6.19. The highest BCUT2D eigenvalue weighted by molar-refractivity contribution is 9.10. The largest absolute Gasteiger partial charge is 0.489 e. The van der Waals surface area contributed by atoms with Crippen LogP contribution in [0.3, 0.4) is 0 Å². The van der Waals surface area contributed by atoms with Crippen molar-refractivity contribution in [3.8, 4) is 5.75 Å². The highest BCUT2D eigenvalue weighted by atomic mass is 79.9. The summed E-state index contributed by atoms with van der Waals surface area (Å²) in [5.41, 5.74) is 7.86. The molecule has 0 atom stereocenters. The molecule has 0 bridgehead atoms. The van der Waals surface area contributed by atoms with Crippen LogP contribution in [0.4, 0.5) is 0 Å². The molecule has 3 rings (SSSR count). The first-order chi connectivity index (χ1) is 13.5.